The van der Waals surface area contributed by atoms with Crippen LogP contribution in [0.3, 0.4) is 0 Å². The summed E-state index contributed by atoms with van der Waals surface area (Å²) in [5.74, 6) is -0.529. The van der Waals surface area contributed by atoms with Gasteiger partial charge in [-0.1, -0.05) is 11.6 Å². The van der Waals surface area contributed by atoms with Crippen LogP contribution in [-0.2, 0) is 19.6 Å². The van der Waals surface area contributed by atoms with E-state index in [9.17, 15) is 13.2 Å². The van der Waals surface area contributed by atoms with Gasteiger partial charge in [0.05, 0.1) is 15.6 Å². The Bertz CT molecular complexity index is 572. The number of carbonyl (C=O) groups is 1. The van der Waals surface area contributed by atoms with Crippen molar-refractivity contribution >= 4 is 33.2 Å². The van der Waals surface area contributed by atoms with Crippen LogP contribution in [0.4, 0.5) is 5.69 Å². The van der Waals surface area contributed by atoms with Crippen LogP contribution in [0.25, 0.3) is 0 Å². The fourth-order valence-corrected chi connectivity index (χ4v) is 2.01. The first-order chi connectivity index (χ1) is 8.79. The summed E-state index contributed by atoms with van der Waals surface area (Å²) in [6, 6.07) is 3.73. The smallest absolute Gasteiger partial charge is 0.254 e. The quantitative estimate of drug-likeness (QED) is 0.700. The van der Waals surface area contributed by atoms with Crippen LogP contribution in [0.2, 0.25) is 5.02 Å². The van der Waals surface area contributed by atoms with Crippen molar-refractivity contribution in [2.75, 3.05) is 19.0 Å². The Kier molecular flexibility index (Phi) is 5.27. The largest absolute Gasteiger partial charge is 0.370 e. The molecule has 0 radical (unpaired) electrons. The van der Waals surface area contributed by atoms with Crippen LogP contribution >= 0.6 is 11.6 Å². The van der Waals surface area contributed by atoms with Crippen LogP contribution < -0.4 is 16.2 Å². The van der Waals surface area contributed by atoms with Crippen molar-refractivity contribution in [1.29, 1.82) is 0 Å². The van der Waals surface area contributed by atoms with Gasteiger partial charge in [0.15, 0.2) is 0 Å². The van der Waals surface area contributed by atoms with Crippen molar-refractivity contribution in [2.45, 2.75) is 11.0 Å². The van der Waals surface area contributed by atoms with E-state index in [1.54, 1.807) is 0 Å². The summed E-state index contributed by atoms with van der Waals surface area (Å²) < 4.78 is 27.3. The minimum Gasteiger partial charge on any atom is -0.370 e. The predicted octanol–water partition coefficient (Wildman–Crippen LogP) is -0.100. The number of halogens is 1. The average Bonchev–Trinajstić information content (AvgIpc) is 2.32. The van der Waals surface area contributed by atoms with Crippen molar-refractivity contribution in [1.82, 2.24) is 0 Å². The second kappa shape index (κ2) is 6.31. The number of anilines is 1. The molecule has 0 aliphatic carbocycles. The standard InChI is InChI=1S/C10H14ClN3O4S/c1-18-9(5-12)10(15)14-8-4-6(19(13,16)17)2-3-7(8)11/h2-4,9H,5,12H2,1H3,(H,14,15)(H2,13,16,17). The number of benzene rings is 1. The number of methoxy groups -OCH3 is 1. The zero-order valence-corrected chi connectivity index (χ0v) is 11.7. The Balaban J connectivity index is 3.04. The van der Waals surface area contributed by atoms with Gasteiger partial charge in [-0.25, -0.2) is 13.6 Å². The lowest BCUT2D eigenvalue weighted by Gasteiger charge is -2.14. The van der Waals surface area contributed by atoms with E-state index < -0.39 is 22.0 Å². The molecule has 0 aromatic heterocycles. The fourth-order valence-electron chi connectivity index (χ4n) is 1.30. The molecular formula is C10H14ClN3O4S. The van der Waals surface area contributed by atoms with Crippen LogP contribution in [-0.4, -0.2) is 34.1 Å². The SMILES string of the molecule is COC(CN)C(=O)Nc1cc(S(N)(=O)=O)ccc1Cl. The molecule has 0 fully saturated rings. The van der Waals surface area contributed by atoms with E-state index in [4.69, 9.17) is 27.2 Å². The van der Waals surface area contributed by atoms with Crippen molar-refractivity contribution in [3.05, 3.63) is 23.2 Å². The maximum Gasteiger partial charge on any atom is 0.254 e. The number of nitrogens with one attached hydrogen (secondary N) is 1. The maximum atomic E-state index is 11.7. The molecule has 0 saturated carbocycles. The summed E-state index contributed by atoms with van der Waals surface area (Å²) in [6.07, 6.45) is -0.853. The van der Waals surface area contributed by atoms with Gasteiger partial charge < -0.3 is 15.8 Å². The van der Waals surface area contributed by atoms with Crippen LogP contribution in [0.1, 0.15) is 0 Å². The van der Waals surface area contributed by atoms with E-state index in [1.165, 1.54) is 25.3 Å². The highest BCUT2D eigenvalue weighted by molar-refractivity contribution is 7.89. The zero-order chi connectivity index (χ0) is 14.6. The van der Waals surface area contributed by atoms with Crippen molar-refractivity contribution < 1.29 is 17.9 Å². The molecule has 1 amide bonds. The molecule has 1 atom stereocenters. The third-order valence-corrected chi connectivity index (χ3v) is 3.56. The molecule has 7 nitrogen and oxygen atoms in total. The molecule has 0 aliphatic rings. The second-order valence-corrected chi connectivity index (χ2v) is 5.60. The highest BCUT2D eigenvalue weighted by Crippen LogP contribution is 2.24. The Morgan fingerprint density at radius 2 is 2.16 bits per heavy atom. The lowest BCUT2D eigenvalue weighted by molar-refractivity contribution is -0.125. The molecule has 19 heavy (non-hydrogen) atoms. The molecule has 5 N–H and O–H groups in total. The van der Waals surface area contributed by atoms with E-state index in [1.807, 2.05) is 0 Å². The second-order valence-electron chi connectivity index (χ2n) is 3.64. The molecule has 106 valence electrons. The molecule has 0 bridgehead atoms. The number of carbonyl (C=O) groups excluding carboxylic acids is 1. The minimum absolute atomic E-state index is 0.0190. The number of hydrogen-bond acceptors (Lipinski definition) is 5. The molecule has 0 aliphatic heterocycles. The fraction of sp³-hybridized carbons (Fsp3) is 0.300. The normalized spacial score (nSPS) is 13.1. The molecule has 1 aromatic rings. The van der Waals surface area contributed by atoms with E-state index in [2.05, 4.69) is 5.32 Å². The third kappa shape index (κ3) is 4.15. The third-order valence-electron chi connectivity index (χ3n) is 2.32. The molecule has 1 unspecified atom stereocenters. The molecule has 0 spiro atoms. The maximum absolute atomic E-state index is 11.7. The first kappa shape index (κ1) is 15.9. The first-order valence-electron chi connectivity index (χ1n) is 5.15. The van der Waals surface area contributed by atoms with Crippen molar-refractivity contribution in [3.8, 4) is 0 Å². The Labute approximate surface area is 115 Å². The molecular weight excluding hydrogens is 294 g/mol. The molecule has 0 heterocycles. The van der Waals surface area contributed by atoms with Gasteiger partial charge in [0.1, 0.15) is 6.10 Å². The topological polar surface area (TPSA) is 125 Å². The number of sulfonamides is 1. The Morgan fingerprint density at radius 1 is 1.53 bits per heavy atom. The van der Waals surface area contributed by atoms with Gasteiger partial charge >= 0.3 is 0 Å². The molecule has 1 aromatic carbocycles. The summed E-state index contributed by atoms with van der Waals surface area (Å²) in [5, 5.41) is 7.59. The van der Waals surface area contributed by atoms with Gasteiger partial charge in [-0.3, -0.25) is 4.79 Å². The molecule has 1 rings (SSSR count). The Hall–Kier alpha value is -1.19. The van der Waals surface area contributed by atoms with E-state index in [-0.39, 0.29) is 22.2 Å². The number of nitrogens with two attached hydrogens (primary N) is 2. The summed E-state index contributed by atoms with van der Waals surface area (Å²) in [7, 11) is -2.54. The van der Waals surface area contributed by atoms with Gasteiger partial charge in [-0.15, -0.1) is 0 Å². The lowest BCUT2D eigenvalue weighted by Crippen LogP contribution is -2.36. The molecule has 9 heteroatoms. The van der Waals surface area contributed by atoms with Gasteiger partial charge in [0.2, 0.25) is 10.0 Å². The number of ether oxygens (including phenoxy) is 1. The predicted molar refractivity (Wildman–Crippen MR) is 71.3 cm³/mol. The Morgan fingerprint density at radius 3 is 2.63 bits per heavy atom. The van der Waals surface area contributed by atoms with E-state index >= 15 is 0 Å². The summed E-state index contributed by atoms with van der Waals surface area (Å²) >= 11 is 5.86. The highest BCUT2D eigenvalue weighted by Gasteiger charge is 2.18. The molecule has 0 saturated heterocycles. The zero-order valence-electron chi connectivity index (χ0n) is 10.1. The van der Waals surface area contributed by atoms with Crippen LogP contribution in [0, 0.1) is 0 Å². The van der Waals surface area contributed by atoms with E-state index in [0.717, 1.165) is 0 Å². The number of hydrogen-bond donors (Lipinski definition) is 3. The highest BCUT2D eigenvalue weighted by atomic mass is 35.5. The number of amides is 1. The first-order valence-corrected chi connectivity index (χ1v) is 7.08. The monoisotopic (exact) mass is 307 g/mol. The van der Waals surface area contributed by atoms with Crippen LogP contribution in [0.5, 0.6) is 0 Å². The van der Waals surface area contributed by atoms with Crippen molar-refractivity contribution in [3.63, 3.8) is 0 Å². The van der Waals surface area contributed by atoms with Gasteiger partial charge in [0.25, 0.3) is 5.91 Å². The lowest BCUT2D eigenvalue weighted by atomic mass is 10.3. The van der Waals surface area contributed by atoms with E-state index in [0.29, 0.717) is 0 Å². The minimum atomic E-state index is -3.88. The summed E-state index contributed by atoms with van der Waals surface area (Å²) in [6.45, 7) is -0.0190. The van der Waals surface area contributed by atoms with Crippen LogP contribution in [0.15, 0.2) is 23.1 Å². The van der Waals surface area contributed by atoms with Gasteiger partial charge in [0, 0.05) is 13.7 Å². The number of rotatable bonds is 5. The summed E-state index contributed by atoms with van der Waals surface area (Å²) in [4.78, 5) is 11.6. The number of primary sulfonamides is 1. The average molecular weight is 308 g/mol. The summed E-state index contributed by atoms with van der Waals surface area (Å²) in [5.41, 5.74) is 5.46. The van der Waals surface area contributed by atoms with Crippen molar-refractivity contribution in [2.24, 2.45) is 10.9 Å². The van der Waals surface area contributed by atoms with Gasteiger partial charge in [-0.05, 0) is 18.2 Å². The van der Waals surface area contributed by atoms with Gasteiger partial charge in [-0.2, -0.15) is 0 Å².